The van der Waals surface area contributed by atoms with E-state index >= 15 is 0 Å². The number of nitrogens with zero attached hydrogens (tertiary/aromatic N) is 1. The number of aliphatic imine (C=N–C) groups is 1. The topological polar surface area (TPSA) is 46.5 Å². The highest BCUT2D eigenvalue weighted by molar-refractivity contribution is 9.10. The number of rotatable bonds is 8. The molecule has 2 aliphatic heterocycles. The molecule has 2 aliphatic rings. The van der Waals surface area contributed by atoms with Crippen molar-refractivity contribution in [1.29, 1.82) is 0 Å². The second-order valence-electron chi connectivity index (χ2n) is 15.0. The van der Waals surface area contributed by atoms with Gasteiger partial charge in [0.2, 0.25) is 0 Å². The minimum Gasteiger partial charge on any atom is -0.273 e. The van der Waals surface area contributed by atoms with Crippen LogP contribution in [0.25, 0.3) is 5.57 Å². The quantitative estimate of drug-likeness (QED) is 0.112. The first-order chi connectivity index (χ1) is 30.2. The standard InChI is InChI=1S/C23H21NO2S2.C22H16F2S.C7H5BrF2/c1-16-7-10-21(11-8-16)28(25,26)15-24-17(2)18-9-12-23-20(13-18)14-19-5-3-4-6-22(19)27-23;1-14(15-6-4-7-18(11-15)22(23)24)16-9-10-21-19(12-16)13-17-5-2-3-8-20(17)25-21;8-6-3-1-2-5(4-6)7(9)10/h3-13H,14-15H2,1-2H3;2-12,22H,1,13H2;1-4,7H. The summed E-state index contributed by atoms with van der Waals surface area (Å²) in [6.07, 6.45) is -3.07. The Labute approximate surface area is 383 Å². The molecule has 0 atom stereocenters. The summed E-state index contributed by atoms with van der Waals surface area (Å²) in [5, 5.41) is 0. The Hall–Kier alpha value is -5.20. The number of hydrogen-bond acceptors (Lipinski definition) is 5. The number of hydrogen-bond donors (Lipinski definition) is 0. The fraction of sp³-hybridized carbons (Fsp3) is 0.135. The molecule has 0 radical (unpaired) electrons. The van der Waals surface area contributed by atoms with E-state index in [9.17, 15) is 26.0 Å². The Bertz CT molecular complexity index is 2920. The third kappa shape index (κ3) is 11.7. The van der Waals surface area contributed by atoms with Crippen LogP contribution in [0.15, 0.2) is 198 Å². The van der Waals surface area contributed by atoms with Crippen molar-refractivity contribution in [2.75, 3.05) is 5.88 Å². The predicted molar refractivity (Wildman–Crippen MR) is 254 cm³/mol. The van der Waals surface area contributed by atoms with Crippen LogP contribution >= 0.6 is 39.5 Å². The Balaban J connectivity index is 0.000000156. The summed E-state index contributed by atoms with van der Waals surface area (Å²) in [4.78, 5) is 9.79. The van der Waals surface area contributed by atoms with Crippen LogP contribution in [-0.4, -0.2) is 20.0 Å². The van der Waals surface area contributed by atoms with Gasteiger partial charge in [0.15, 0.2) is 9.84 Å². The number of benzene rings is 7. The van der Waals surface area contributed by atoms with Crippen molar-refractivity contribution < 1.29 is 26.0 Å². The maximum absolute atomic E-state index is 12.9. The molecule has 3 nitrogen and oxygen atoms in total. The maximum atomic E-state index is 12.9. The highest BCUT2D eigenvalue weighted by Gasteiger charge is 2.19. The van der Waals surface area contributed by atoms with E-state index in [0.717, 1.165) is 46.4 Å². The molecule has 7 aromatic carbocycles. The Kier molecular flexibility index (Phi) is 14.9. The van der Waals surface area contributed by atoms with Gasteiger partial charge in [0, 0.05) is 40.9 Å². The van der Waals surface area contributed by atoms with Gasteiger partial charge in [-0.15, -0.1) is 0 Å². The lowest BCUT2D eigenvalue weighted by Gasteiger charge is -2.20. The van der Waals surface area contributed by atoms with Gasteiger partial charge in [0.1, 0.15) is 5.88 Å². The molecule has 11 heteroatoms. The highest BCUT2D eigenvalue weighted by atomic mass is 79.9. The summed E-state index contributed by atoms with van der Waals surface area (Å²) in [5.41, 5.74) is 10.5. The molecule has 0 saturated carbocycles. The minimum atomic E-state index is -3.43. The van der Waals surface area contributed by atoms with Crippen molar-refractivity contribution in [3.05, 3.63) is 224 Å². The molecule has 0 unspecified atom stereocenters. The van der Waals surface area contributed by atoms with E-state index in [1.165, 1.54) is 66.1 Å². The maximum Gasteiger partial charge on any atom is 0.263 e. The molecule has 63 heavy (non-hydrogen) atoms. The van der Waals surface area contributed by atoms with E-state index in [1.807, 2.05) is 44.2 Å². The van der Waals surface area contributed by atoms with E-state index in [1.54, 1.807) is 53.9 Å². The lowest BCUT2D eigenvalue weighted by Crippen LogP contribution is -2.08. The molecule has 2 heterocycles. The van der Waals surface area contributed by atoms with Gasteiger partial charge in [0.05, 0.1) is 4.90 Å². The molecule has 0 bridgehead atoms. The Morgan fingerprint density at radius 2 is 1.10 bits per heavy atom. The van der Waals surface area contributed by atoms with E-state index in [-0.39, 0.29) is 17.0 Å². The SMILES string of the molecule is C=C(c1cccc(C(F)F)c1)c1ccc2c(c1)Cc1ccccc1S2.CC(=NCS(=O)(=O)c1ccc(C)cc1)c1ccc2c(c1)Cc1ccccc1S2.FC(F)c1cccc(Br)c1. The average Bonchev–Trinajstić information content (AvgIpc) is 3.29. The summed E-state index contributed by atoms with van der Waals surface area (Å²) in [5.74, 6) is -0.240. The number of sulfone groups is 1. The van der Waals surface area contributed by atoms with Crippen molar-refractivity contribution in [2.45, 2.75) is 64.0 Å². The van der Waals surface area contributed by atoms with E-state index < -0.39 is 22.7 Å². The zero-order chi connectivity index (χ0) is 44.7. The van der Waals surface area contributed by atoms with Crippen LogP contribution in [0.5, 0.6) is 0 Å². The smallest absolute Gasteiger partial charge is 0.263 e. The molecule has 7 aromatic rings. The second kappa shape index (κ2) is 20.5. The summed E-state index contributed by atoms with van der Waals surface area (Å²) < 4.78 is 75.5. The van der Waals surface area contributed by atoms with Crippen molar-refractivity contribution in [1.82, 2.24) is 0 Å². The molecule has 0 spiro atoms. The van der Waals surface area contributed by atoms with Crippen molar-refractivity contribution in [2.24, 2.45) is 4.99 Å². The van der Waals surface area contributed by atoms with Crippen molar-refractivity contribution >= 4 is 60.6 Å². The van der Waals surface area contributed by atoms with Crippen molar-refractivity contribution in [3.63, 3.8) is 0 Å². The highest BCUT2D eigenvalue weighted by Crippen LogP contribution is 2.41. The average molecular weight is 965 g/mol. The fourth-order valence-corrected chi connectivity index (χ4v) is 10.5. The van der Waals surface area contributed by atoms with Crippen LogP contribution in [-0.2, 0) is 22.7 Å². The normalized spacial score (nSPS) is 12.7. The molecule has 0 N–H and O–H groups in total. The fourth-order valence-electron chi connectivity index (χ4n) is 6.96. The zero-order valence-electron chi connectivity index (χ0n) is 34.4. The van der Waals surface area contributed by atoms with Gasteiger partial charge >= 0.3 is 0 Å². The van der Waals surface area contributed by atoms with Gasteiger partial charge in [0.25, 0.3) is 12.9 Å². The first-order valence-electron chi connectivity index (χ1n) is 19.9. The third-order valence-electron chi connectivity index (χ3n) is 10.5. The van der Waals surface area contributed by atoms with Gasteiger partial charge in [-0.2, -0.15) is 0 Å². The summed E-state index contributed by atoms with van der Waals surface area (Å²) in [6, 6.07) is 48.9. The molecule has 0 aromatic heterocycles. The molecular formula is C52H42BrF4NO2S3. The number of fused-ring (bicyclic) bond motifs is 4. The van der Waals surface area contributed by atoms with Crippen LogP contribution in [0.3, 0.4) is 0 Å². The molecule has 0 amide bonds. The number of halogens is 5. The van der Waals surface area contributed by atoms with Gasteiger partial charge in [-0.1, -0.05) is 143 Å². The zero-order valence-corrected chi connectivity index (χ0v) is 38.4. The third-order valence-corrected chi connectivity index (χ3v) is 14.9. The first kappa shape index (κ1) is 45.8. The summed E-state index contributed by atoms with van der Waals surface area (Å²) in [7, 11) is -3.43. The van der Waals surface area contributed by atoms with Crippen LogP contribution in [0.1, 0.15) is 75.4 Å². The Morgan fingerprint density at radius 3 is 1.65 bits per heavy atom. The molecule has 0 fully saturated rings. The predicted octanol–water partition coefficient (Wildman–Crippen LogP) is 15.4. The van der Waals surface area contributed by atoms with Gasteiger partial charge in [-0.05, 0) is 138 Å². The van der Waals surface area contributed by atoms with Gasteiger partial charge in [-0.3, -0.25) is 4.99 Å². The Morgan fingerprint density at radius 1 is 0.603 bits per heavy atom. The lowest BCUT2D eigenvalue weighted by molar-refractivity contribution is 0.151. The number of aryl methyl sites for hydroxylation is 1. The van der Waals surface area contributed by atoms with Crippen LogP contribution in [0.2, 0.25) is 0 Å². The minimum absolute atomic E-state index is 0.0288. The van der Waals surface area contributed by atoms with Gasteiger partial charge in [-0.25, -0.2) is 26.0 Å². The molecular weight excluding hydrogens is 923 g/mol. The monoisotopic (exact) mass is 963 g/mol. The van der Waals surface area contributed by atoms with E-state index in [0.29, 0.717) is 9.37 Å². The van der Waals surface area contributed by atoms with Gasteiger partial charge < -0.3 is 0 Å². The van der Waals surface area contributed by atoms with Crippen LogP contribution in [0, 0.1) is 6.92 Å². The van der Waals surface area contributed by atoms with Crippen LogP contribution in [0.4, 0.5) is 17.6 Å². The summed E-state index contributed by atoms with van der Waals surface area (Å²) >= 11 is 6.66. The molecule has 0 saturated heterocycles. The van der Waals surface area contributed by atoms with Crippen molar-refractivity contribution in [3.8, 4) is 0 Å². The van der Waals surface area contributed by atoms with Crippen LogP contribution < -0.4 is 0 Å². The summed E-state index contributed by atoms with van der Waals surface area (Å²) in [6.45, 7) is 7.94. The number of alkyl halides is 4. The lowest BCUT2D eigenvalue weighted by atomic mass is 9.95. The first-order valence-corrected chi connectivity index (χ1v) is 24.0. The van der Waals surface area contributed by atoms with E-state index in [4.69, 9.17) is 0 Å². The molecule has 0 aliphatic carbocycles. The second-order valence-corrected chi connectivity index (χ2v) is 20.0. The molecule has 9 rings (SSSR count). The molecule has 320 valence electrons. The van der Waals surface area contributed by atoms with E-state index in [2.05, 4.69) is 100 Å². The largest absolute Gasteiger partial charge is 0.273 e.